The fraction of sp³-hybridized carbons (Fsp3) is 0.556. The van der Waals surface area contributed by atoms with E-state index in [2.05, 4.69) is 4.90 Å². The zero-order chi connectivity index (χ0) is 17.1. The highest BCUT2D eigenvalue weighted by Gasteiger charge is 2.35. The molecular weight excluding hydrogens is 311 g/mol. The normalized spacial score (nSPS) is 24.7. The number of carboxylic acid groups (broad SMARTS) is 1. The van der Waals surface area contributed by atoms with E-state index in [4.69, 9.17) is 0 Å². The molecule has 2 fully saturated rings. The number of aliphatic carboxylic acids is 1. The highest BCUT2D eigenvalue weighted by atomic mass is 19.1. The molecule has 0 N–H and O–H groups in total. The molecule has 0 spiro atoms. The second kappa shape index (κ2) is 7.20. The Morgan fingerprint density at radius 1 is 0.958 bits per heavy atom. The number of nitrogens with zero attached hydrogens (tertiary/aromatic N) is 2. The molecule has 1 amide bonds. The lowest BCUT2D eigenvalue weighted by atomic mass is 9.78. The van der Waals surface area contributed by atoms with Gasteiger partial charge in [0.15, 0.2) is 0 Å². The van der Waals surface area contributed by atoms with Gasteiger partial charge >= 0.3 is 0 Å². The van der Waals surface area contributed by atoms with Crippen molar-refractivity contribution in [2.75, 3.05) is 31.1 Å². The van der Waals surface area contributed by atoms with Crippen molar-refractivity contribution in [1.82, 2.24) is 4.90 Å². The first kappa shape index (κ1) is 16.7. The molecule has 24 heavy (non-hydrogen) atoms. The Balaban J connectivity index is 1.60. The molecule has 5 nitrogen and oxygen atoms in total. The van der Waals surface area contributed by atoms with Crippen LogP contribution in [0.4, 0.5) is 10.1 Å². The van der Waals surface area contributed by atoms with Crippen LogP contribution in [0.3, 0.4) is 0 Å². The van der Waals surface area contributed by atoms with Crippen LogP contribution in [0.2, 0.25) is 0 Å². The molecule has 1 aromatic carbocycles. The molecule has 1 heterocycles. The summed E-state index contributed by atoms with van der Waals surface area (Å²) in [6.45, 7) is 2.46. The molecule has 3 rings (SSSR count). The first-order valence-corrected chi connectivity index (χ1v) is 8.56. The van der Waals surface area contributed by atoms with Crippen LogP contribution in [0.1, 0.15) is 25.7 Å². The fourth-order valence-electron chi connectivity index (χ4n) is 3.78. The molecule has 2 atom stereocenters. The van der Waals surface area contributed by atoms with E-state index in [1.807, 2.05) is 0 Å². The van der Waals surface area contributed by atoms with Gasteiger partial charge in [-0.25, -0.2) is 4.39 Å². The van der Waals surface area contributed by atoms with Crippen molar-refractivity contribution in [3.63, 3.8) is 0 Å². The van der Waals surface area contributed by atoms with Gasteiger partial charge in [0.05, 0.1) is 0 Å². The average Bonchev–Trinajstić information content (AvgIpc) is 2.62. The molecule has 6 heteroatoms. The van der Waals surface area contributed by atoms with Gasteiger partial charge in [0.25, 0.3) is 0 Å². The highest BCUT2D eigenvalue weighted by Crippen LogP contribution is 2.31. The van der Waals surface area contributed by atoms with Crippen LogP contribution in [0.5, 0.6) is 0 Å². The van der Waals surface area contributed by atoms with Crippen LogP contribution >= 0.6 is 0 Å². The number of hydrogen-bond donors (Lipinski definition) is 0. The van der Waals surface area contributed by atoms with Gasteiger partial charge in [0, 0.05) is 49.7 Å². The summed E-state index contributed by atoms with van der Waals surface area (Å²) in [6.07, 6.45) is 2.92. The number of carboxylic acids is 1. The Morgan fingerprint density at radius 3 is 2.12 bits per heavy atom. The van der Waals surface area contributed by atoms with Crippen LogP contribution in [-0.2, 0) is 9.59 Å². The number of carbonyl (C=O) groups excluding carboxylic acids is 2. The Morgan fingerprint density at radius 2 is 1.54 bits per heavy atom. The largest absolute Gasteiger partial charge is 0.550 e. The van der Waals surface area contributed by atoms with Gasteiger partial charge in [-0.15, -0.1) is 0 Å². The van der Waals surface area contributed by atoms with E-state index in [0.29, 0.717) is 39.0 Å². The van der Waals surface area contributed by atoms with Crippen molar-refractivity contribution < 1.29 is 19.1 Å². The maximum atomic E-state index is 13.0. The SMILES string of the molecule is O=C([O-])C1CCCCC1C(=O)N1CCN(c2ccc(F)cc2)CC1. The van der Waals surface area contributed by atoms with Crippen LogP contribution in [0, 0.1) is 17.7 Å². The molecule has 1 aromatic rings. The number of halogens is 1. The number of benzene rings is 1. The summed E-state index contributed by atoms with van der Waals surface area (Å²) >= 11 is 0. The van der Waals surface area contributed by atoms with Gasteiger partial charge in [0.2, 0.25) is 5.91 Å². The van der Waals surface area contributed by atoms with E-state index in [9.17, 15) is 19.1 Å². The van der Waals surface area contributed by atoms with E-state index < -0.39 is 17.8 Å². The van der Waals surface area contributed by atoms with E-state index in [-0.39, 0.29) is 11.7 Å². The molecule has 2 unspecified atom stereocenters. The Kier molecular flexibility index (Phi) is 5.02. The van der Waals surface area contributed by atoms with E-state index >= 15 is 0 Å². The van der Waals surface area contributed by atoms with Gasteiger partial charge < -0.3 is 19.7 Å². The zero-order valence-corrected chi connectivity index (χ0v) is 13.6. The minimum absolute atomic E-state index is 0.0531. The summed E-state index contributed by atoms with van der Waals surface area (Å²) in [5, 5.41) is 11.3. The monoisotopic (exact) mass is 333 g/mol. The predicted molar refractivity (Wildman–Crippen MR) is 85.6 cm³/mol. The van der Waals surface area contributed by atoms with Crippen molar-refractivity contribution in [3.05, 3.63) is 30.1 Å². The standard InChI is InChI=1S/C18H23FN2O3/c19-13-5-7-14(8-6-13)20-9-11-21(12-10-20)17(22)15-3-1-2-4-16(15)18(23)24/h5-8,15-16H,1-4,9-12H2,(H,23,24)/p-1. The second-order valence-electron chi connectivity index (χ2n) is 6.61. The molecule has 2 aliphatic rings. The number of carbonyl (C=O) groups is 2. The van der Waals surface area contributed by atoms with Gasteiger partial charge in [-0.3, -0.25) is 4.79 Å². The maximum Gasteiger partial charge on any atom is 0.226 e. The Bertz CT molecular complexity index is 597. The van der Waals surface area contributed by atoms with E-state index in [1.54, 1.807) is 17.0 Å². The van der Waals surface area contributed by atoms with Gasteiger partial charge in [-0.05, 0) is 37.1 Å². The molecule has 0 aromatic heterocycles. The number of rotatable bonds is 3. The molecule has 1 saturated heterocycles. The summed E-state index contributed by atoms with van der Waals surface area (Å²) in [5.74, 6) is -2.51. The lowest BCUT2D eigenvalue weighted by molar-refractivity contribution is -0.314. The number of piperazine rings is 1. The van der Waals surface area contributed by atoms with Crippen molar-refractivity contribution in [1.29, 1.82) is 0 Å². The number of anilines is 1. The fourth-order valence-corrected chi connectivity index (χ4v) is 3.78. The van der Waals surface area contributed by atoms with Crippen molar-refractivity contribution >= 4 is 17.6 Å². The van der Waals surface area contributed by atoms with Crippen LogP contribution in [-0.4, -0.2) is 43.0 Å². The first-order chi connectivity index (χ1) is 11.6. The first-order valence-electron chi connectivity index (χ1n) is 8.56. The topological polar surface area (TPSA) is 63.7 Å². The summed E-state index contributed by atoms with van der Waals surface area (Å²) in [7, 11) is 0. The molecule has 0 bridgehead atoms. The third-order valence-electron chi connectivity index (χ3n) is 5.17. The zero-order valence-electron chi connectivity index (χ0n) is 13.6. The van der Waals surface area contributed by atoms with Crippen LogP contribution in [0.15, 0.2) is 24.3 Å². The van der Waals surface area contributed by atoms with Gasteiger partial charge in [-0.1, -0.05) is 12.8 Å². The number of amides is 1. The second-order valence-corrected chi connectivity index (χ2v) is 6.61. The summed E-state index contributed by atoms with van der Waals surface area (Å²) < 4.78 is 13.0. The van der Waals surface area contributed by atoms with E-state index in [1.165, 1.54) is 12.1 Å². The van der Waals surface area contributed by atoms with Gasteiger partial charge in [-0.2, -0.15) is 0 Å². The molecule has 1 saturated carbocycles. The van der Waals surface area contributed by atoms with E-state index in [0.717, 1.165) is 18.5 Å². The summed E-state index contributed by atoms with van der Waals surface area (Å²) in [4.78, 5) is 27.9. The Labute approximate surface area is 141 Å². The minimum Gasteiger partial charge on any atom is -0.550 e. The molecule has 0 radical (unpaired) electrons. The molecular formula is C18H22FN2O3-. The van der Waals surface area contributed by atoms with Crippen molar-refractivity contribution in [2.24, 2.45) is 11.8 Å². The third kappa shape index (κ3) is 3.52. The maximum absolute atomic E-state index is 13.0. The van der Waals surface area contributed by atoms with Crippen molar-refractivity contribution in [2.45, 2.75) is 25.7 Å². The minimum atomic E-state index is -1.10. The molecule has 1 aliphatic carbocycles. The quantitative estimate of drug-likeness (QED) is 0.829. The lowest BCUT2D eigenvalue weighted by Crippen LogP contribution is -2.53. The predicted octanol–water partition coefficient (Wildman–Crippen LogP) is 1.03. The van der Waals surface area contributed by atoms with Crippen LogP contribution < -0.4 is 10.0 Å². The van der Waals surface area contributed by atoms with Crippen molar-refractivity contribution in [3.8, 4) is 0 Å². The summed E-state index contributed by atoms with van der Waals surface area (Å²) in [6, 6.07) is 6.33. The van der Waals surface area contributed by atoms with Gasteiger partial charge in [0.1, 0.15) is 5.82 Å². The molecule has 1 aliphatic heterocycles. The number of hydrogen-bond acceptors (Lipinski definition) is 4. The average molecular weight is 333 g/mol. The lowest BCUT2D eigenvalue weighted by Gasteiger charge is -2.40. The highest BCUT2D eigenvalue weighted by molar-refractivity contribution is 5.84. The summed E-state index contributed by atoms with van der Waals surface area (Å²) in [5.41, 5.74) is 0.939. The van der Waals surface area contributed by atoms with Crippen LogP contribution in [0.25, 0.3) is 0 Å². The molecule has 130 valence electrons. The smallest absolute Gasteiger partial charge is 0.226 e. The third-order valence-corrected chi connectivity index (χ3v) is 5.17. The Hall–Kier alpha value is -2.11.